The van der Waals surface area contributed by atoms with Crippen molar-refractivity contribution in [2.24, 2.45) is 5.92 Å². The molecule has 0 aliphatic heterocycles. The second-order valence-corrected chi connectivity index (χ2v) is 5.37. The maximum absolute atomic E-state index is 10.4. The molecule has 1 aliphatic carbocycles. The van der Waals surface area contributed by atoms with Crippen LogP contribution in [-0.2, 0) is 4.79 Å². The maximum atomic E-state index is 10.4. The molecule has 2 rings (SSSR count). The third kappa shape index (κ3) is 3.42. The fourth-order valence-corrected chi connectivity index (χ4v) is 2.93. The van der Waals surface area contributed by atoms with Gasteiger partial charge in [-0.2, -0.15) is 0 Å². The first kappa shape index (κ1) is 12.3. The van der Waals surface area contributed by atoms with Gasteiger partial charge in [-0.1, -0.05) is 29.8 Å². The van der Waals surface area contributed by atoms with Gasteiger partial charge in [-0.25, -0.2) is 0 Å². The van der Waals surface area contributed by atoms with E-state index < -0.39 is 0 Å². The summed E-state index contributed by atoms with van der Waals surface area (Å²) < 4.78 is 0. The molecule has 1 aliphatic rings. The lowest BCUT2D eigenvalue weighted by atomic mass is 9.77. The minimum Gasteiger partial charge on any atom is -0.303 e. The first-order valence-electron chi connectivity index (χ1n) is 6.80. The van der Waals surface area contributed by atoms with Crippen LogP contribution in [0, 0.1) is 12.8 Å². The Hall–Kier alpha value is -1.11. The van der Waals surface area contributed by atoms with E-state index in [-0.39, 0.29) is 0 Å². The van der Waals surface area contributed by atoms with Gasteiger partial charge in [-0.3, -0.25) is 0 Å². The van der Waals surface area contributed by atoms with E-state index >= 15 is 0 Å². The van der Waals surface area contributed by atoms with E-state index in [0.29, 0.717) is 0 Å². The lowest BCUT2D eigenvalue weighted by Gasteiger charge is -2.28. The van der Waals surface area contributed by atoms with Crippen molar-refractivity contribution in [2.75, 3.05) is 0 Å². The molecule has 1 nitrogen and oxygen atoms in total. The van der Waals surface area contributed by atoms with Crippen LogP contribution in [0.15, 0.2) is 24.3 Å². The van der Waals surface area contributed by atoms with Gasteiger partial charge >= 0.3 is 0 Å². The van der Waals surface area contributed by atoms with Gasteiger partial charge in [0.15, 0.2) is 0 Å². The molecule has 0 aromatic heterocycles. The highest BCUT2D eigenvalue weighted by molar-refractivity contribution is 5.49. The Balaban J connectivity index is 1.86. The monoisotopic (exact) mass is 230 g/mol. The molecule has 1 aromatic carbocycles. The van der Waals surface area contributed by atoms with Crippen LogP contribution in [0.3, 0.4) is 0 Å². The fraction of sp³-hybridized carbons (Fsp3) is 0.562. The average Bonchev–Trinajstić information content (AvgIpc) is 2.38. The summed E-state index contributed by atoms with van der Waals surface area (Å²) in [5.41, 5.74) is 2.85. The third-order valence-electron chi connectivity index (χ3n) is 4.09. The Labute approximate surface area is 104 Å². The summed E-state index contributed by atoms with van der Waals surface area (Å²) in [4.78, 5) is 10.4. The highest BCUT2D eigenvalue weighted by atomic mass is 16.1. The maximum Gasteiger partial charge on any atom is 0.120 e. The van der Waals surface area contributed by atoms with Gasteiger partial charge in [0.2, 0.25) is 0 Å². The Morgan fingerprint density at radius 1 is 1.12 bits per heavy atom. The quantitative estimate of drug-likeness (QED) is 0.707. The fourth-order valence-electron chi connectivity index (χ4n) is 2.93. The molecule has 0 saturated heterocycles. The zero-order valence-electron chi connectivity index (χ0n) is 10.7. The van der Waals surface area contributed by atoms with Crippen molar-refractivity contribution in [3.8, 4) is 0 Å². The summed E-state index contributed by atoms with van der Waals surface area (Å²) >= 11 is 0. The Morgan fingerprint density at radius 3 is 2.35 bits per heavy atom. The van der Waals surface area contributed by atoms with Crippen LogP contribution < -0.4 is 0 Å². The summed E-state index contributed by atoms with van der Waals surface area (Å²) in [6, 6.07) is 9.00. The summed E-state index contributed by atoms with van der Waals surface area (Å²) in [6.07, 6.45) is 8.11. The molecule has 0 radical (unpaired) electrons. The van der Waals surface area contributed by atoms with E-state index in [9.17, 15) is 4.79 Å². The number of carbonyl (C=O) groups is 1. The number of benzene rings is 1. The standard InChI is InChI=1S/C16H22O/c1-13-4-8-15(9-5-13)16-10-6-14(7-11-16)3-2-12-17/h4-5,8-9,12,14,16H,2-3,6-7,10-11H2,1H3. The molecular formula is C16H22O. The molecule has 1 fully saturated rings. The molecule has 0 atom stereocenters. The predicted molar refractivity (Wildman–Crippen MR) is 71.2 cm³/mol. The summed E-state index contributed by atoms with van der Waals surface area (Å²) in [6.45, 7) is 2.14. The van der Waals surface area contributed by atoms with Crippen LogP contribution in [0.2, 0.25) is 0 Å². The predicted octanol–water partition coefficient (Wildman–Crippen LogP) is 4.25. The van der Waals surface area contributed by atoms with Crippen molar-refractivity contribution in [1.29, 1.82) is 0 Å². The molecule has 0 unspecified atom stereocenters. The van der Waals surface area contributed by atoms with E-state index in [1.807, 2.05) is 0 Å². The highest BCUT2D eigenvalue weighted by Crippen LogP contribution is 2.37. The number of rotatable bonds is 4. The van der Waals surface area contributed by atoms with Gasteiger partial charge < -0.3 is 4.79 Å². The van der Waals surface area contributed by atoms with Crippen LogP contribution in [-0.4, -0.2) is 6.29 Å². The van der Waals surface area contributed by atoms with Crippen LogP contribution in [0.4, 0.5) is 0 Å². The number of aldehydes is 1. The van der Waals surface area contributed by atoms with Crippen molar-refractivity contribution in [1.82, 2.24) is 0 Å². The molecule has 0 spiro atoms. The third-order valence-corrected chi connectivity index (χ3v) is 4.09. The molecular weight excluding hydrogens is 208 g/mol. The van der Waals surface area contributed by atoms with E-state index in [1.165, 1.54) is 36.8 Å². The van der Waals surface area contributed by atoms with Gasteiger partial charge in [0.05, 0.1) is 0 Å². The van der Waals surface area contributed by atoms with Crippen molar-refractivity contribution in [2.45, 2.75) is 51.4 Å². The summed E-state index contributed by atoms with van der Waals surface area (Å²) in [5, 5.41) is 0. The minimum absolute atomic E-state index is 0.750. The van der Waals surface area contributed by atoms with Crippen molar-refractivity contribution in [3.63, 3.8) is 0 Å². The van der Waals surface area contributed by atoms with Gasteiger partial charge in [0.25, 0.3) is 0 Å². The van der Waals surface area contributed by atoms with Gasteiger partial charge in [0.1, 0.15) is 6.29 Å². The van der Waals surface area contributed by atoms with Crippen LogP contribution >= 0.6 is 0 Å². The van der Waals surface area contributed by atoms with E-state index in [4.69, 9.17) is 0 Å². The van der Waals surface area contributed by atoms with Crippen molar-refractivity contribution in [3.05, 3.63) is 35.4 Å². The van der Waals surface area contributed by atoms with E-state index in [0.717, 1.165) is 31.0 Å². The Bertz CT molecular complexity index is 344. The van der Waals surface area contributed by atoms with Crippen LogP contribution in [0.25, 0.3) is 0 Å². The zero-order valence-corrected chi connectivity index (χ0v) is 10.7. The smallest absolute Gasteiger partial charge is 0.120 e. The van der Waals surface area contributed by atoms with Gasteiger partial charge in [-0.05, 0) is 56.4 Å². The van der Waals surface area contributed by atoms with Gasteiger partial charge in [0, 0.05) is 6.42 Å². The second kappa shape index (κ2) is 6.00. The minimum atomic E-state index is 0.750. The average molecular weight is 230 g/mol. The van der Waals surface area contributed by atoms with Crippen LogP contribution in [0.5, 0.6) is 0 Å². The molecule has 0 N–H and O–H groups in total. The molecule has 1 heteroatoms. The van der Waals surface area contributed by atoms with Crippen LogP contribution in [0.1, 0.15) is 55.6 Å². The molecule has 1 aromatic rings. The van der Waals surface area contributed by atoms with Crippen molar-refractivity contribution < 1.29 is 4.79 Å². The Kier molecular flexibility index (Phi) is 4.36. The second-order valence-electron chi connectivity index (χ2n) is 5.37. The SMILES string of the molecule is Cc1ccc(C2CCC(CCC=O)CC2)cc1. The molecule has 0 heterocycles. The zero-order chi connectivity index (χ0) is 12.1. The summed E-state index contributed by atoms with van der Waals surface area (Å²) in [5.74, 6) is 1.55. The number of carbonyl (C=O) groups excluding carboxylic acids is 1. The molecule has 17 heavy (non-hydrogen) atoms. The molecule has 0 amide bonds. The number of aryl methyl sites for hydroxylation is 1. The topological polar surface area (TPSA) is 17.1 Å². The van der Waals surface area contributed by atoms with Gasteiger partial charge in [-0.15, -0.1) is 0 Å². The lowest BCUT2D eigenvalue weighted by Crippen LogP contribution is -2.13. The lowest BCUT2D eigenvalue weighted by molar-refractivity contribution is -0.108. The number of hydrogen-bond donors (Lipinski definition) is 0. The first-order valence-corrected chi connectivity index (χ1v) is 6.80. The summed E-state index contributed by atoms with van der Waals surface area (Å²) in [7, 11) is 0. The highest BCUT2D eigenvalue weighted by Gasteiger charge is 2.21. The molecule has 1 saturated carbocycles. The number of hydrogen-bond acceptors (Lipinski definition) is 1. The van der Waals surface area contributed by atoms with E-state index in [2.05, 4.69) is 31.2 Å². The Morgan fingerprint density at radius 2 is 1.76 bits per heavy atom. The largest absolute Gasteiger partial charge is 0.303 e. The van der Waals surface area contributed by atoms with Crippen molar-refractivity contribution >= 4 is 6.29 Å². The molecule has 0 bridgehead atoms. The normalized spacial score (nSPS) is 24.5. The first-order chi connectivity index (χ1) is 8.29. The molecule has 92 valence electrons. The van der Waals surface area contributed by atoms with E-state index in [1.54, 1.807) is 0 Å².